The summed E-state index contributed by atoms with van der Waals surface area (Å²) >= 11 is 0. The third-order valence-corrected chi connectivity index (χ3v) is 4.68. The summed E-state index contributed by atoms with van der Waals surface area (Å²) in [6, 6.07) is 8.75. The Morgan fingerprint density at radius 2 is 1.79 bits per heavy atom. The highest BCUT2D eigenvalue weighted by atomic mass is 16.4. The van der Waals surface area contributed by atoms with Crippen LogP contribution in [-0.4, -0.2) is 36.6 Å². The van der Waals surface area contributed by atoms with Crippen LogP contribution in [0.3, 0.4) is 0 Å². The molecule has 1 unspecified atom stereocenters. The Morgan fingerprint density at radius 1 is 1.14 bits per heavy atom. The van der Waals surface area contributed by atoms with Crippen molar-refractivity contribution in [2.75, 3.05) is 0 Å². The second-order valence-corrected chi connectivity index (χ2v) is 8.18. The highest BCUT2D eigenvalue weighted by molar-refractivity contribution is 5.91. The van der Waals surface area contributed by atoms with Crippen LogP contribution >= 0.6 is 0 Å². The van der Waals surface area contributed by atoms with Crippen molar-refractivity contribution in [1.82, 2.24) is 24.9 Å². The summed E-state index contributed by atoms with van der Waals surface area (Å²) in [7, 11) is 0. The lowest BCUT2D eigenvalue weighted by atomic mass is 9.86. The first-order chi connectivity index (χ1) is 13.5. The molecule has 0 aliphatic carbocycles. The number of rotatable bonds is 5. The number of benzene rings is 1. The Kier molecular flexibility index (Phi) is 5.37. The van der Waals surface area contributed by atoms with E-state index in [1.807, 2.05) is 44.2 Å². The molecule has 0 aliphatic heterocycles. The molecule has 3 rings (SSSR count). The van der Waals surface area contributed by atoms with E-state index >= 15 is 0 Å². The quantitative estimate of drug-likeness (QED) is 0.687. The number of aliphatic carboxylic acids is 1. The normalized spacial score (nSPS) is 12.7. The zero-order chi connectivity index (χ0) is 21.3. The van der Waals surface area contributed by atoms with E-state index in [1.165, 1.54) is 4.52 Å². The van der Waals surface area contributed by atoms with Crippen LogP contribution < -0.4 is 5.32 Å². The second kappa shape index (κ2) is 7.62. The number of aryl methyl sites for hydroxylation is 2. The van der Waals surface area contributed by atoms with Crippen molar-refractivity contribution in [1.29, 1.82) is 0 Å². The molecule has 1 amide bonds. The maximum Gasteiger partial charge on any atom is 0.305 e. The second-order valence-electron chi connectivity index (χ2n) is 8.18. The SMILES string of the molecule is Cc1cc(C)n2nc(C(=O)NC(CC(=O)O)c3ccc(C(C)(C)C)cc3)nc2n1. The molecular formula is C21H25N5O3. The van der Waals surface area contributed by atoms with Crippen LogP contribution in [0.2, 0.25) is 0 Å². The molecule has 8 nitrogen and oxygen atoms in total. The van der Waals surface area contributed by atoms with Crippen LogP contribution in [0.5, 0.6) is 0 Å². The minimum Gasteiger partial charge on any atom is -0.481 e. The first kappa shape index (κ1) is 20.4. The number of carbonyl (C=O) groups excluding carboxylic acids is 1. The maximum atomic E-state index is 12.7. The zero-order valence-corrected chi connectivity index (χ0v) is 17.2. The molecule has 0 aliphatic rings. The molecule has 152 valence electrons. The Morgan fingerprint density at radius 3 is 2.38 bits per heavy atom. The average molecular weight is 395 g/mol. The molecule has 2 aromatic heterocycles. The molecule has 0 bridgehead atoms. The lowest BCUT2D eigenvalue weighted by molar-refractivity contribution is -0.137. The molecule has 1 aromatic carbocycles. The Bertz CT molecular complexity index is 1060. The van der Waals surface area contributed by atoms with Gasteiger partial charge in [-0.15, -0.1) is 5.10 Å². The number of carboxylic acid groups (broad SMARTS) is 1. The Hall–Kier alpha value is -3.29. The molecule has 3 aromatic rings. The zero-order valence-electron chi connectivity index (χ0n) is 17.2. The van der Waals surface area contributed by atoms with Crippen molar-refractivity contribution < 1.29 is 14.7 Å². The summed E-state index contributed by atoms with van der Waals surface area (Å²) in [6.45, 7) is 10.00. The molecule has 0 fully saturated rings. The molecule has 29 heavy (non-hydrogen) atoms. The van der Waals surface area contributed by atoms with E-state index in [0.29, 0.717) is 11.3 Å². The Balaban J connectivity index is 1.87. The average Bonchev–Trinajstić information content (AvgIpc) is 3.04. The summed E-state index contributed by atoms with van der Waals surface area (Å²) in [4.78, 5) is 32.5. The largest absolute Gasteiger partial charge is 0.481 e. The van der Waals surface area contributed by atoms with Crippen molar-refractivity contribution in [2.24, 2.45) is 0 Å². The number of nitrogens with zero attached hydrogens (tertiary/aromatic N) is 4. The van der Waals surface area contributed by atoms with Gasteiger partial charge < -0.3 is 10.4 Å². The minimum atomic E-state index is -1.01. The number of fused-ring (bicyclic) bond motifs is 1. The highest BCUT2D eigenvalue weighted by Gasteiger charge is 2.23. The number of nitrogens with one attached hydrogen (secondary N) is 1. The van der Waals surface area contributed by atoms with Gasteiger partial charge in [-0.1, -0.05) is 45.0 Å². The summed E-state index contributed by atoms with van der Waals surface area (Å²) in [6.07, 6.45) is -0.246. The fourth-order valence-corrected chi connectivity index (χ4v) is 3.13. The van der Waals surface area contributed by atoms with Gasteiger partial charge in [0.25, 0.3) is 11.7 Å². The van der Waals surface area contributed by atoms with Crippen molar-refractivity contribution >= 4 is 17.7 Å². The van der Waals surface area contributed by atoms with E-state index < -0.39 is 17.9 Å². The van der Waals surface area contributed by atoms with Crippen molar-refractivity contribution in [3.05, 3.63) is 58.7 Å². The van der Waals surface area contributed by atoms with Crippen molar-refractivity contribution in [3.63, 3.8) is 0 Å². The molecule has 2 heterocycles. The number of aromatic nitrogens is 4. The van der Waals surface area contributed by atoms with E-state index in [0.717, 1.165) is 17.0 Å². The molecular weight excluding hydrogens is 370 g/mol. The van der Waals surface area contributed by atoms with Gasteiger partial charge in [-0.05, 0) is 36.5 Å². The predicted octanol–water partition coefficient (Wildman–Crippen LogP) is 2.98. The summed E-state index contributed by atoms with van der Waals surface area (Å²) in [5.41, 5.74) is 3.40. The number of carboxylic acids is 1. The smallest absolute Gasteiger partial charge is 0.305 e. The van der Waals surface area contributed by atoms with Gasteiger partial charge in [-0.2, -0.15) is 4.98 Å². The van der Waals surface area contributed by atoms with Crippen molar-refractivity contribution in [2.45, 2.75) is 52.5 Å². The van der Waals surface area contributed by atoms with Crippen LogP contribution in [0.4, 0.5) is 0 Å². The Labute approximate surface area is 169 Å². The molecule has 0 spiro atoms. The van der Waals surface area contributed by atoms with Crippen LogP contribution in [0.1, 0.15) is 66.4 Å². The number of amides is 1. The van der Waals surface area contributed by atoms with Gasteiger partial charge in [-0.3, -0.25) is 9.59 Å². The van der Waals surface area contributed by atoms with E-state index in [2.05, 4.69) is 41.2 Å². The van der Waals surface area contributed by atoms with Gasteiger partial charge in [0.05, 0.1) is 12.5 Å². The van der Waals surface area contributed by atoms with Gasteiger partial charge in [0.15, 0.2) is 0 Å². The molecule has 1 atom stereocenters. The monoisotopic (exact) mass is 395 g/mol. The molecule has 0 radical (unpaired) electrons. The van der Waals surface area contributed by atoms with Crippen LogP contribution in [0.15, 0.2) is 30.3 Å². The number of hydrogen-bond donors (Lipinski definition) is 2. The van der Waals surface area contributed by atoms with E-state index in [9.17, 15) is 14.7 Å². The molecule has 0 saturated heterocycles. The minimum absolute atomic E-state index is 0.0203. The van der Waals surface area contributed by atoms with Gasteiger partial charge in [0.1, 0.15) is 0 Å². The first-order valence-electron chi connectivity index (χ1n) is 9.38. The third kappa shape index (κ3) is 4.59. The summed E-state index contributed by atoms with van der Waals surface area (Å²) < 4.78 is 1.49. The molecule has 8 heteroatoms. The van der Waals surface area contributed by atoms with Crippen LogP contribution in [0, 0.1) is 13.8 Å². The lowest BCUT2D eigenvalue weighted by Crippen LogP contribution is -2.31. The van der Waals surface area contributed by atoms with E-state index in [4.69, 9.17) is 0 Å². The number of carbonyl (C=O) groups is 2. The first-order valence-corrected chi connectivity index (χ1v) is 9.38. The molecule has 0 saturated carbocycles. The van der Waals surface area contributed by atoms with E-state index in [1.54, 1.807) is 0 Å². The summed E-state index contributed by atoms with van der Waals surface area (Å²) in [5, 5.41) is 16.3. The topological polar surface area (TPSA) is 109 Å². The van der Waals surface area contributed by atoms with Crippen molar-refractivity contribution in [3.8, 4) is 0 Å². The van der Waals surface area contributed by atoms with Gasteiger partial charge in [0, 0.05) is 11.4 Å². The lowest BCUT2D eigenvalue weighted by Gasteiger charge is -2.21. The number of hydrogen-bond acceptors (Lipinski definition) is 5. The summed E-state index contributed by atoms with van der Waals surface area (Å²) in [5.74, 6) is -1.27. The van der Waals surface area contributed by atoms with Gasteiger partial charge in [-0.25, -0.2) is 9.50 Å². The standard InChI is InChI=1S/C21H25N5O3/c1-12-10-13(2)26-20(22-12)24-18(25-26)19(29)23-16(11-17(27)28)14-6-8-15(9-7-14)21(3,4)5/h6-10,16H,11H2,1-5H3,(H,23,29)(H,27,28). The fourth-order valence-electron chi connectivity index (χ4n) is 3.13. The highest BCUT2D eigenvalue weighted by Crippen LogP contribution is 2.25. The third-order valence-electron chi connectivity index (χ3n) is 4.68. The van der Waals surface area contributed by atoms with Crippen LogP contribution in [-0.2, 0) is 10.2 Å². The maximum absolute atomic E-state index is 12.7. The molecule has 2 N–H and O–H groups in total. The van der Waals surface area contributed by atoms with Gasteiger partial charge in [0.2, 0.25) is 5.82 Å². The predicted molar refractivity (Wildman–Crippen MR) is 108 cm³/mol. The fraction of sp³-hybridized carbons (Fsp3) is 0.381. The van der Waals surface area contributed by atoms with Gasteiger partial charge >= 0.3 is 5.97 Å². The van der Waals surface area contributed by atoms with E-state index in [-0.39, 0.29) is 17.7 Å². The van der Waals surface area contributed by atoms with Crippen LogP contribution in [0.25, 0.3) is 5.78 Å².